The minimum absolute atomic E-state index is 0.0632. The summed E-state index contributed by atoms with van der Waals surface area (Å²) in [7, 11) is -3.58. The first-order valence-corrected chi connectivity index (χ1v) is 7.04. The fraction of sp³-hybridized carbons (Fsp3) is 0.417. The van der Waals surface area contributed by atoms with Crippen LogP contribution >= 0.6 is 0 Å². The Morgan fingerprint density at radius 1 is 1.41 bits per heavy atom. The molecule has 0 amide bonds. The van der Waals surface area contributed by atoms with Gasteiger partial charge >= 0.3 is 0 Å². The quantitative estimate of drug-likeness (QED) is 0.883. The molecule has 0 heterocycles. The van der Waals surface area contributed by atoms with Crippen molar-refractivity contribution in [3.05, 3.63) is 29.8 Å². The Morgan fingerprint density at radius 3 is 2.65 bits per heavy atom. The largest absolute Gasteiger partial charge is 0.242 e. The monoisotopic (exact) mass is 250 g/mol. The minimum Gasteiger partial charge on any atom is -0.208 e. The minimum atomic E-state index is -3.58. The molecule has 4 nitrogen and oxygen atoms in total. The Labute approximate surface area is 101 Å². The molecule has 1 saturated carbocycles. The van der Waals surface area contributed by atoms with Crippen LogP contribution in [0, 0.1) is 17.2 Å². The number of nitrogens with zero attached hydrogens (tertiary/aromatic N) is 1. The summed E-state index contributed by atoms with van der Waals surface area (Å²) in [5.74, 6) is 0.444. The average molecular weight is 250 g/mol. The second kappa shape index (κ2) is 4.47. The SMILES string of the molecule is C[C@@H](NS(=O)(=O)c1ccccc1C#N)C1CC1. The molecule has 0 unspecified atom stereocenters. The van der Waals surface area contributed by atoms with E-state index in [4.69, 9.17) is 5.26 Å². The fourth-order valence-electron chi connectivity index (χ4n) is 1.79. The highest BCUT2D eigenvalue weighted by Gasteiger charge is 2.31. The Hall–Kier alpha value is -1.38. The third-order valence-electron chi connectivity index (χ3n) is 2.97. The van der Waals surface area contributed by atoms with Gasteiger partial charge in [-0.1, -0.05) is 12.1 Å². The van der Waals surface area contributed by atoms with Gasteiger partial charge in [-0.2, -0.15) is 5.26 Å². The molecule has 2 rings (SSSR count). The van der Waals surface area contributed by atoms with E-state index in [2.05, 4.69) is 4.72 Å². The molecule has 0 aromatic heterocycles. The van der Waals surface area contributed by atoms with E-state index in [-0.39, 0.29) is 16.5 Å². The zero-order chi connectivity index (χ0) is 12.5. The topological polar surface area (TPSA) is 70.0 Å². The summed E-state index contributed by atoms with van der Waals surface area (Å²) in [4.78, 5) is 0.0648. The summed E-state index contributed by atoms with van der Waals surface area (Å²) in [5, 5.41) is 8.90. The first-order chi connectivity index (χ1) is 8.04. The van der Waals surface area contributed by atoms with Crippen LogP contribution in [0.25, 0.3) is 0 Å². The van der Waals surface area contributed by atoms with Crippen molar-refractivity contribution in [3.63, 3.8) is 0 Å². The van der Waals surface area contributed by atoms with Crippen molar-refractivity contribution in [3.8, 4) is 6.07 Å². The Kier molecular flexibility index (Phi) is 3.18. The van der Waals surface area contributed by atoms with Crippen LogP contribution in [0.15, 0.2) is 29.2 Å². The lowest BCUT2D eigenvalue weighted by molar-refractivity contribution is 0.538. The highest BCUT2D eigenvalue weighted by molar-refractivity contribution is 7.89. The van der Waals surface area contributed by atoms with Gasteiger partial charge in [0, 0.05) is 6.04 Å². The van der Waals surface area contributed by atoms with Gasteiger partial charge in [-0.3, -0.25) is 0 Å². The van der Waals surface area contributed by atoms with Crippen LogP contribution in [0.3, 0.4) is 0 Å². The van der Waals surface area contributed by atoms with Gasteiger partial charge in [-0.25, -0.2) is 13.1 Å². The zero-order valence-electron chi connectivity index (χ0n) is 9.55. The molecule has 1 fully saturated rings. The molecule has 1 atom stereocenters. The molecule has 1 N–H and O–H groups in total. The zero-order valence-corrected chi connectivity index (χ0v) is 10.4. The van der Waals surface area contributed by atoms with Gasteiger partial charge in [0.05, 0.1) is 10.5 Å². The van der Waals surface area contributed by atoms with Crippen LogP contribution in [0.5, 0.6) is 0 Å². The molecule has 1 aliphatic carbocycles. The van der Waals surface area contributed by atoms with Crippen molar-refractivity contribution < 1.29 is 8.42 Å². The lowest BCUT2D eigenvalue weighted by atomic mass is 10.2. The van der Waals surface area contributed by atoms with Crippen LogP contribution in [0.2, 0.25) is 0 Å². The lowest BCUT2D eigenvalue weighted by Crippen LogP contribution is -2.34. The van der Waals surface area contributed by atoms with Gasteiger partial charge < -0.3 is 0 Å². The van der Waals surface area contributed by atoms with Crippen LogP contribution in [0.4, 0.5) is 0 Å². The first-order valence-electron chi connectivity index (χ1n) is 5.56. The Morgan fingerprint density at radius 2 is 2.06 bits per heavy atom. The van der Waals surface area contributed by atoms with Crippen molar-refractivity contribution in [2.75, 3.05) is 0 Å². The second-order valence-electron chi connectivity index (χ2n) is 4.36. The van der Waals surface area contributed by atoms with Crippen LogP contribution in [-0.4, -0.2) is 14.5 Å². The number of rotatable bonds is 4. The molecule has 0 radical (unpaired) electrons. The number of nitriles is 1. The van der Waals surface area contributed by atoms with Gasteiger partial charge in [-0.15, -0.1) is 0 Å². The number of sulfonamides is 1. The fourth-order valence-corrected chi connectivity index (χ4v) is 3.26. The van der Waals surface area contributed by atoms with Gasteiger partial charge in [-0.05, 0) is 37.8 Å². The Bertz CT molecular complexity index is 556. The number of nitrogens with one attached hydrogen (secondary N) is 1. The van der Waals surface area contributed by atoms with Crippen molar-refractivity contribution in [1.82, 2.24) is 4.72 Å². The van der Waals surface area contributed by atoms with E-state index in [1.54, 1.807) is 12.1 Å². The highest BCUT2D eigenvalue weighted by atomic mass is 32.2. The normalized spacial score (nSPS) is 17.4. The number of hydrogen-bond donors (Lipinski definition) is 1. The molecule has 0 aliphatic heterocycles. The summed E-state index contributed by atoms with van der Waals surface area (Å²) < 4.78 is 26.8. The first kappa shape index (κ1) is 12.1. The van der Waals surface area contributed by atoms with Gasteiger partial charge in [0.1, 0.15) is 6.07 Å². The molecule has 0 saturated heterocycles. The molecular formula is C12H14N2O2S. The highest BCUT2D eigenvalue weighted by Crippen LogP contribution is 2.33. The van der Waals surface area contributed by atoms with Crippen molar-refractivity contribution >= 4 is 10.0 Å². The van der Waals surface area contributed by atoms with E-state index < -0.39 is 10.0 Å². The molecule has 90 valence electrons. The second-order valence-corrected chi connectivity index (χ2v) is 6.04. The van der Waals surface area contributed by atoms with E-state index in [9.17, 15) is 8.42 Å². The number of hydrogen-bond acceptors (Lipinski definition) is 3. The molecule has 1 aromatic rings. The van der Waals surface area contributed by atoms with E-state index in [1.165, 1.54) is 12.1 Å². The molecule has 0 spiro atoms. The summed E-state index contributed by atoms with van der Waals surface area (Å²) in [6, 6.07) is 8.08. The maximum absolute atomic E-state index is 12.1. The van der Waals surface area contributed by atoms with Crippen LogP contribution in [-0.2, 0) is 10.0 Å². The van der Waals surface area contributed by atoms with Gasteiger partial charge in [0.2, 0.25) is 10.0 Å². The predicted molar refractivity (Wildman–Crippen MR) is 63.7 cm³/mol. The van der Waals surface area contributed by atoms with Crippen LogP contribution in [0.1, 0.15) is 25.3 Å². The molecule has 17 heavy (non-hydrogen) atoms. The Balaban J connectivity index is 2.28. The maximum Gasteiger partial charge on any atom is 0.242 e. The smallest absolute Gasteiger partial charge is 0.208 e. The molecular weight excluding hydrogens is 236 g/mol. The van der Waals surface area contributed by atoms with E-state index in [1.807, 2.05) is 13.0 Å². The lowest BCUT2D eigenvalue weighted by Gasteiger charge is -2.13. The summed E-state index contributed by atoms with van der Waals surface area (Å²) >= 11 is 0. The molecule has 1 aromatic carbocycles. The summed E-state index contributed by atoms with van der Waals surface area (Å²) in [6.45, 7) is 1.87. The average Bonchev–Trinajstić information content (AvgIpc) is 3.12. The standard InChI is InChI=1S/C12H14N2O2S/c1-9(10-6-7-10)14-17(15,16)12-5-3-2-4-11(12)8-13/h2-5,9-10,14H,6-7H2,1H3/t9-/m1/s1. The van der Waals surface area contributed by atoms with Crippen LogP contribution < -0.4 is 4.72 Å². The van der Waals surface area contributed by atoms with Crippen molar-refractivity contribution in [1.29, 1.82) is 5.26 Å². The van der Waals surface area contributed by atoms with Gasteiger partial charge in [0.25, 0.3) is 0 Å². The molecule has 1 aliphatic rings. The summed E-state index contributed by atoms with van der Waals surface area (Å²) in [6.07, 6.45) is 2.15. The third-order valence-corrected chi connectivity index (χ3v) is 4.58. The third kappa shape index (κ3) is 2.65. The maximum atomic E-state index is 12.1. The van der Waals surface area contributed by atoms with E-state index in [0.29, 0.717) is 5.92 Å². The summed E-state index contributed by atoms with van der Waals surface area (Å²) in [5.41, 5.74) is 0.183. The molecule has 0 bridgehead atoms. The number of benzene rings is 1. The van der Waals surface area contributed by atoms with Crippen molar-refractivity contribution in [2.24, 2.45) is 5.92 Å². The predicted octanol–water partition coefficient (Wildman–Crippen LogP) is 1.64. The van der Waals surface area contributed by atoms with Gasteiger partial charge in [0.15, 0.2) is 0 Å². The molecule has 5 heteroatoms. The van der Waals surface area contributed by atoms with Crippen molar-refractivity contribution in [2.45, 2.75) is 30.7 Å². The van der Waals surface area contributed by atoms with E-state index in [0.717, 1.165) is 12.8 Å². The van der Waals surface area contributed by atoms with E-state index >= 15 is 0 Å².